The average molecular weight is 494 g/mol. The smallest absolute Gasteiger partial charge is 0.276 e. The fraction of sp³-hybridized carbons (Fsp3) is 0.0833. The van der Waals surface area contributed by atoms with E-state index < -0.39 is 11.8 Å². The van der Waals surface area contributed by atoms with Crippen LogP contribution in [0.15, 0.2) is 78.9 Å². The number of benzene rings is 3. The Balaban J connectivity index is 1.33. The third kappa shape index (κ3) is 5.69. The minimum absolute atomic E-state index is 0.148. The predicted octanol–water partition coefficient (Wildman–Crippen LogP) is 4.15. The van der Waals surface area contributed by atoms with E-state index in [2.05, 4.69) is 21.0 Å². The van der Waals surface area contributed by atoms with E-state index in [1.165, 1.54) is 4.57 Å². The molecule has 3 aromatic carbocycles. The van der Waals surface area contributed by atoms with Gasteiger partial charge in [0.05, 0.1) is 0 Å². The molecule has 0 aliphatic rings. The summed E-state index contributed by atoms with van der Waals surface area (Å²) in [5.41, 5.74) is 7.29. The van der Waals surface area contributed by atoms with E-state index in [4.69, 9.17) is 28.6 Å². The molecule has 8 nitrogen and oxygen atoms in total. The summed E-state index contributed by atoms with van der Waals surface area (Å²) in [7, 11) is 0. The monoisotopic (exact) mass is 493 g/mol. The minimum atomic E-state index is -0.509. The topological polar surface area (TPSA) is 101 Å². The van der Waals surface area contributed by atoms with E-state index in [0.717, 1.165) is 16.7 Å². The maximum absolute atomic E-state index is 12.4. The highest BCUT2D eigenvalue weighted by atomic mass is 35.5. The predicted molar refractivity (Wildman–Crippen MR) is 132 cm³/mol. The van der Waals surface area contributed by atoms with Gasteiger partial charge in [0, 0.05) is 16.1 Å². The van der Waals surface area contributed by atoms with E-state index in [1.54, 1.807) is 30.3 Å². The van der Waals surface area contributed by atoms with Gasteiger partial charge in [-0.1, -0.05) is 60.1 Å². The van der Waals surface area contributed by atoms with Gasteiger partial charge in [-0.3, -0.25) is 30.1 Å². The van der Waals surface area contributed by atoms with Gasteiger partial charge >= 0.3 is 0 Å². The number of hydrogen-bond donors (Lipinski definition) is 3. The number of hydrazine groups is 1. The SMILES string of the molecule is O=C(COc1ccccc1-c1ccccc1)NNC(=O)Cn1c(-c2ccc(Cl)cc2)n[nH]c1=S. The summed E-state index contributed by atoms with van der Waals surface area (Å²) in [6.07, 6.45) is 0. The van der Waals surface area contributed by atoms with Crippen molar-refractivity contribution in [3.8, 4) is 28.3 Å². The van der Waals surface area contributed by atoms with Gasteiger partial charge in [-0.05, 0) is 48.1 Å². The summed E-state index contributed by atoms with van der Waals surface area (Å²) >= 11 is 11.2. The summed E-state index contributed by atoms with van der Waals surface area (Å²) in [5.74, 6) is 0.0483. The number of aromatic amines is 1. The van der Waals surface area contributed by atoms with E-state index in [-0.39, 0.29) is 17.9 Å². The Morgan fingerprint density at radius 1 is 0.912 bits per heavy atom. The molecule has 34 heavy (non-hydrogen) atoms. The molecule has 1 heterocycles. The molecule has 0 spiro atoms. The Kier molecular flexibility index (Phi) is 7.36. The summed E-state index contributed by atoms with van der Waals surface area (Å²) in [5, 5.41) is 7.43. The average Bonchev–Trinajstić information content (AvgIpc) is 3.22. The van der Waals surface area contributed by atoms with Crippen LogP contribution in [-0.4, -0.2) is 33.2 Å². The van der Waals surface area contributed by atoms with Crippen LogP contribution in [0.25, 0.3) is 22.5 Å². The molecule has 2 amide bonds. The van der Waals surface area contributed by atoms with Crippen molar-refractivity contribution >= 4 is 35.6 Å². The molecule has 0 aliphatic carbocycles. The number of amides is 2. The third-order valence-corrected chi connectivity index (χ3v) is 5.40. The number of carbonyl (C=O) groups excluding carboxylic acids is 2. The van der Waals surface area contributed by atoms with Crippen molar-refractivity contribution < 1.29 is 14.3 Å². The van der Waals surface area contributed by atoms with Crippen LogP contribution in [0.5, 0.6) is 5.75 Å². The van der Waals surface area contributed by atoms with E-state index in [9.17, 15) is 9.59 Å². The number of nitrogens with one attached hydrogen (secondary N) is 3. The molecule has 0 saturated heterocycles. The molecule has 0 atom stereocenters. The van der Waals surface area contributed by atoms with Crippen molar-refractivity contribution in [2.75, 3.05) is 6.61 Å². The second kappa shape index (κ2) is 10.8. The fourth-order valence-corrected chi connectivity index (χ4v) is 3.56. The number of H-pyrrole nitrogens is 1. The molecule has 0 radical (unpaired) electrons. The molecule has 10 heteroatoms. The van der Waals surface area contributed by atoms with Crippen LogP contribution >= 0.6 is 23.8 Å². The third-order valence-electron chi connectivity index (χ3n) is 4.83. The number of carbonyl (C=O) groups is 2. The van der Waals surface area contributed by atoms with E-state index >= 15 is 0 Å². The Hall–Kier alpha value is -3.95. The molecule has 0 bridgehead atoms. The van der Waals surface area contributed by atoms with Crippen molar-refractivity contribution in [3.05, 3.63) is 88.7 Å². The van der Waals surface area contributed by atoms with Crippen LogP contribution in [0.2, 0.25) is 5.02 Å². The summed E-state index contributed by atoms with van der Waals surface area (Å²) in [6, 6.07) is 24.1. The molecular weight excluding hydrogens is 474 g/mol. The number of para-hydroxylation sites is 1. The number of halogens is 1. The Labute approximate surface area is 205 Å². The lowest BCUT2D eigenvalue weighted by Gasteiger charge is -2.12. The number of nitrogens with zero attached hydrogens (tertiary/aromatic N) is 2. The zero-order valence-electron chi connectivity index (χ0n) is 17.8. The first-order chi connectivity index (χ1) is 16.5. The number of hydrogen-bond acceptors (Lipinski definition) is 5. The zero-order valence-corrected chi connectivity index (χ0v) is 19.4. The minimum Gasteiger partial charge on any atom is -0.483 e. The van der Waals surface area contributed by atoms with Crippen molar-refractivity contribution in [3.63, 3.8) is 0 Å². The van der Waals surface area contributed by atoms with Crippen molar-refractivity contribution in [2.24, 2.45) is 0 Å². The lowest BCUT2D eigenvalue weighted by Crippen LogP contribution is -2.45. The Morgan fingerprint density at radius 3 is 2.35 bits per heavy atom. The van der Waals surface area contributed by atoms with E-state index in [0.29, 0.717) is 16.6 Å². The molecule has 0 saturated carbocycles. The molecule has 4 aromatic rings. The molecule has 0 aliphatic heterocycles. The largest absolute Gasteiger partial charge is 0.483 e. The summed E-state index contributed by atoms with van der Waals surface area (Å²) in [4.78, 5) is 24.7. The standard InChI is InChI=1S/C24H20ClN5O3S/c25-18-12-10-17(11-13-18)23-28-29-24(34)30(23)14-21(31)26-27-22(32)15-33-20-9-5-4-8-19(20)16-6-2-1-3-7-16/h1-13H,14-15H2,(H,26,31)(H,27,32)(H,29,34). The summed E-state index contributed by atoms with van der Waals surface area (Å²) < 4.78 is 7.48. The van der Waals surface area contributed by atoms with Crippen molar-refractivity contribution in [1.29, 1.82) is 0 Å². The van der Waals surface area contributed by atoms with Gasteiger partial charge in [0.1, 0.15) is 12.3 Å². The Bertz CT molecular complexity index is 1350. The molecule has 172 valence electrons. The molecular formula is C24H20ClN5O3S. The molecule has 1 aromatic heterocycles. The van der Waals surface area contributed by atoms with E-state index in [1.807, 2.05) is 48.5 Å². The molecule has 0 unspecified atom stereocenters. The van der Waals surface area contributed by atoms with Gasteiger partial charge in [0.15, 0.2) is 17.2 Å². The van der Waals surface area contributed by atoms with Gasteiger partial charge in [0.25, 0.3) is 11.8 Å². The van der Waals surface area contributed by atoms with Gasteiger partial charge in [-0.15, -0.1) is 0 Å². The van der Waals surface area contributed by atoms with Crippen LogP contribution in [0, 0.1) is 4.77 Å². The van der Waals surface area contributed by atoms with Gasteiger partial charge in [-0.25, -0.2) is 0 Å². The van der Waals surface area contributed by atoms with Crippen LogP contribution in [0.4, 0.5) is 0 Å². The lowest BCUT2D eigenvalue weighted by atomic mass is 10.1. The highest BCUT2D eigenvalue weighted by Crippen LogP contribution is 2.29. The highest BCUT2D eigenvalue weighted by Gasteiger charge is 2.14. The Morgan fingerprint density at radius 2 is 1.59 bits per heavy atom. The zero-order chi connectivity index (χ0) is 23.9. The first-order valence-corrected chi connectivity index (χ1v) is 11.1. The van der Waals surface area contributed by atoms with Crippen molar-refractivity contribution in [1.82, 2.24) is 25.6 Å². The van der Waals surface area contributed by atoms with Crippen LogP contribution in [-0.2, 0) is 16.1 Å². The van der Waals surface area contributed by atoms with Crippen LogP contribution in [0.1, 0.15) is 0 Å². The van der Waals surface area contributed by atoms with Crippen molar-refractivity contribution in [2.45, 2.75) is 6.54 Å². The summed E-state index contributed by atoms with van der Waals surface area (Å²) in [6.45, 7) is -0.420. The normalized spacial score (nSPS) is 10.5. The highest BCUT2D eigenvalue weighted by molar-refractivity contribution is 7.71. The number of aromatic nitrogens is 3. The first kappa shape index (κ1) is 23.2. The second-order valence-electron chi connectivity index (χ2n) is 7.19. The van der Waals surface area contributed by atoms with Gasteiger partial charge in [0.2, 0.25) is 0 Å². The second-order valence-corrected chi connectivity index (χ2v) is 8.02. The van der Waals surface area contributed by atoms with Gasteiger partial charge < -0.3 is 4.74 Å². The van der Waals surface area contributed by atoms with Crippen LogP contribution in [0.3, 0.4) is 0 Å². The van der Waals surface area contributed by atoms with Gasteiger partial charge in [-0.2, -0.15) is 5.10 Å². The maximum atomic E-state index is 12.4. The molecule has 3 N–H and O–H groups in total. The lowest BCUT2D eigenvalue weighted by molar-refractivity contribution is -0.130. The number of ether oxygens (including phenoxy) is 1. The quantitative estimate of drug-likeness (QED) is 0.265. The fourth-order valence-electron chi connectivity index (χ4n) is 3.23. The maximum Gasteiger partial charge on any atom is 0.276 e. The first-order valence-electron chi connectivity index (χ1n) is 10.3. The molecule has 4 rings (SSSR count). The van der Waals surface area contributed by atoms with Crippen LogP contribution < -0.4 is 15.6 Å². The number of rotatable bonds is 7. The molecule has 0 fully saturated rings.